The normalized spacial score (nSPS) is 16.8. The van der Waals surface area contributed by atoms with Gasteiger partial charge in [-0.05, 0) is 31.4 Å². The molecule has 0 saturated carbocycles. The molecule has 1 aromatic carbocycles. The van der Waals surface area contributed by atoms with Crippen molar-refractivity contribution in [1.29, 1.82) is 0 Å². The minimum Gasteiger partial charge on any atom is -0.389 e. The summed E-state index contributed by atoms with van der Waals surface area (Å²) in [6.45, 7) is 3.12. The molecule has 0 unspecified atom stereocenters. The van der Waals surface area contributed by atoms with Crippen LogP contribution in [0.5, 0.6) is 0 Å². The number of benzene rings is 1. The van der Waals surface area contributed by atoms with E-state index in [1.807, 2.05) is 12.1 Å². The van der Waals surface area contributed by atoms with Gasteiger partial charge >= 0.3 is 0 Å². The molecule has 26 heavy (non-hydrogen) atoms. The number of rotatable bonds is 3. The molecule has 3 heterocycles. The van der Waals surface area contributed by atoms with Gasteiger partial charge in [-0.2, -0.15) is 5.10 Å². The number of hydrogen-bond acceptors (Lipinski definition) is 4. The van der Waals surface area contributed by atoms with Gasteiger partial charge in [0.05, 0.1) is 11.8 Å². The van der Waals surface area contributed by atoms with Crippen molar-refractivity contribution >= 4 is 11.6 Å². The Labute approximate surface area is 152 Å². The van der Waals surface area contributed by atoms with E-state index in [0.717, 1.165) is 5.56 Å². The fraction of sp³-hybridized carbons (Fsp3) is 0.350. The highest BCUT2D eigenvalue weighted by atomic mass is 16.3. The number of carbonyl (C=O) groups excluding carboxylic acids is 1. The van der Waals surface area contributed by atoms with Crippen LogP contribution in [0.4, 0.5) is 0 Å². The van der Waals surface area contributed by atoms with Gasteiger partial charge in [0.15, 0.2) is 5.65 Å². The van der Waals surface area contributed by atoms with Crippen molar-refractivity contribution in [3.05, 3.63) is 65.6 Å². The number of nitrogens with zero attached hydrogens (tertiary/aromatic N) is 4. The Bertz CT molecular complexity index is 942. The Morgan fingerprint density at radius 1 is 1.27 bits per heavy atom. The highest BCUT2D eigenvalue weighted by molar-refractivity contribution is 5.99. The fourth-order valence-corrected chi connectivity index (χ4v) is 3.65. The largest absolute Gasteiger partial charge is 0.389 e. The van der Waals surface area contributed by atoms with Crippen LogP contribution >= 0.6 is 0 Å². The van der Waals surface area contributed by atoms with E-state index >= 15 is 0 Å². The molecule has 2 aromatic heterocycles. The third kappa shape index (κ3) is 3.20. The molecule has 1 saturated heterocycles. The summed E-state index contributed by atoms with van der Waals surface area (Å²) in [5.41, 5.74) is 2.65. The van der Waals surface area contributed by atoms with Crippen LogP contribution in [0.1, 0.15) is 34.3 Å². The Morgan fingerprint density at radius 3 is 2.85 bits per heavy atom. The molecule has 1 aliphatic heterocycles. The van der Waals surface area contributed by atoms with E-state index in [-0.39, 0.29) is 5.91 Å². The van der Waals surface area contributed by atoms with Crippen LogP contribution in [-0.2, 0) is 6.42 Å². The molecule has 1 amide bonds. The Hall–Kier alpha value is -2.73. The molecule has 6 heteroatoms. The molecule has 1 fully saturated rings. The molecule has 1 aliphatic rings. The molecular weight excluding hydrogens is 328 g/mol. The number of aryl methyl sites for hydroxylation is 1. The first kappa shape index (κ1) is 16.7. The summed E-state index contributed by atoms with van der Waals surface area (Å²) in [6, 6.07) is 10.0. The molecule has 4 rings (SSSR count). The summed E-state index contributed by atoms with van der Waals surface area (Å²) in [5, 5.41) is 15.1. The Balaban J connectivity index is 1.45. The van der Waals surface area contributed by atoms with Crippen molar-refractivity contribution in [2.75, 3.05) is 13.1 Å². The minimum atomic E-state index is -0.760. The predicted molar refractivity (Wildman–Crippen MR) is 98.0 cm³/mol. The number of aromatic nitrogens is 3. The molecular formula is C20H22N4O2. The molecule has 0 spiro atoms. The van der Waals surface area contributed by atoms with Gasteiger partial charge in [-0.15, -0.1) is 0 Å². The highest BCUT2D eigenvalue weighted by Gasteiger charge is 2.35. The number of fused-ring (bicyclic) bond motifs is 1. The summed E-state index contributed by atoms with van der Waals surface area (Å²) < 4.78 is 1.60. The lowest BCUT2D eigenvalue weighted by Crippen LogP contribution is -2.47. The lowest BCUT2D eigenvalue weighted by molar-refractivity contribution is -0.0162. The van der Waals surface area contributed by atoms with Crippen molar-refractivity contribution in [3.8, 4) is 0 Å². The van der Waals surface area contributed by atoms with E-state index in [9.17, 15) is 9.90 Å². The second kappa shape index (κ2) is 6.53. The van der Waals surface area contributed by atoms with Gasteiger partial charge in [0, 0.05) is 31.9 Å². The summed E-state index contributed by atoms with van der Waals surface area (Å²) in [4.78, 5) is 18.9. The Morgan fingerprint density at radius 2 is 2.08 bits per heavy atom. The summed E-state index contributed by atoms with van der Waals surface area (Å²) in [6.07, 6.45) is 6.76. The topological polar surface area (TPSA) is 70.7 Å². The maximum absolute atomic E-state index is 12.8. The quantitative estimate of drug-likeness (QED) is 0.786. The van der Waals surface area contributed by atoms with Crippen molar-refractivity contribution in [3.63, 3.8) is 0 Å². The third-order valence-electron chi connectivity index (χ3n) is 5.11. The summed E-state index contributed by atoms with van der Waals surface area (Å²) in [7, 11) is 0. The lowest BCUT2D eigenvalue weighted by atomic mass is 9.85. The summed E-state index contributed by atoms with van der Waals surface area (Å²) in [5.74, 6) is -0.0729. The van der Waals surface area contributed by atoms with Crippen LogP contribution in [-0.4, -0.2) is 49.2 Å². The fourth-order valence-electron chi connectivity index (χ4n) is 3.65. The number of piperidine rings is 1. The zero-order valence-electron chi connectivity index (χ0n) is 14.8. The molecule has 0 aliphatic carbocycles. The van der Waals surface area contributed by atoms with Gasteiger partial charge in [-0.25, -0.2) is 9.50 Å². The Kier molecular flexibility index (Phi) is 4.20. The second-order valence-electron chi connectivity index (χ2n) is 7.13. The van der Waals surface area contributed by atoms with Gasteiger partial charge in [0.25, 0.3) is 5.91 Å². The first-order valence-corrected chi connectivity index (χ1v) is 8.90. The molecule has 0 bridgehead atoms. The van der Waals surface area contributed by atoms with Crippen LogP contribution in [0.25, 0.3) is 5.65 Å². The number of amides is 1. The average molecular weight is 350 g/mol. The maximum Gasteiger partial charge on any atom is 0.259 e. The zero-order valence-corrected chi connectivity index (χ0v) is 14.8. The number of hydrogen-bond donors (Lipinski definition) is 1. The maximum atomic E-state index is 12.8. The van der Waals surface area contributed by atoms with E-state index in [2.05, 4.69) is 29.1 Å². The second-order valence-corrected chi connectivity index (χ2v) is 7.13. The first-order valence-electron chi connectivity index (χ1n) is 8.90. The van der Waals surface area contributed by atoms with Gasteiger partial charge in [0.2, 0.25) is 0 Å². The van der Waals surface area contributed by atoms with Crippen molar-refractivity contribution < 1.29 is 9.90 Å². The van der Waals surface area contributed by atoms with Crippen LogP contribution < -0.4 is 0 Å². The standard InChI is InChI=1S/C20H22N4O2/c1-15-4-2-5-16(12-15)13-20(26)6-10-23(11-7-20)19(25)17-14-22-24-9-3-8-21-18(17)24/h2-5,8-9,12,14,26H,6-7,10-11,13H2,1H3. The van der Waals surface area contributed by atoms with Gasteiger partial charge < -0.3 is 10.0 Å². The van der Waals surface area contributed by atoms with E-state index < -0.39 is 5.60 Å². The molecule has 6 nitrogen and oxygen atoms in total. The van der Waals surface area contributed by atoms with Gasteiger partial charge in [-0.1, -0.05) is 29.8 Å². The van der Waals surface area contributed by atoms with E-state index in [1.165, 1.54) is 5.56 Å². The third-order valence-corrected chi connectivity index (χ3v) is 5.11. The van der Waals surface area contributed by atoms with Crippen molar-refractivity contribution in [2.24, 2.45) is 0 Å². The monoisotopic (exact) mass is 350 g/mol. The van der Waals surface area contributed by atoms with Crippen molar-refractivity contribution in [2.45, 2.75) is 31.8 Å². The molecule has 0 atom stereocenters. The average Bonchev–Trinajstić information content (AvgIpc) is 3.05. The van der Waals surface area contributed by atoms with Crippen molar-refractivity contribution in [1.82, 2.24) is 19.5 Å². The molecule has 0 radical (unpaired) electrons. The van der Waals surface area contributed by atoms with E-state index in [4.69, 9.17) is 0 Å². The lowest BCUT2D eigenvalue weighted by Gasteiger charge is -2.38. The number of likely N-dealkylation sites (tertiary alicyclic amines) is 1. The van der Waals surface area contributed by atoms with Crippen LogP contribution in [0.3, 0.4) is 0 Å². The van der Waals surface area contributed by atoms with Crippen LogP contribution in [0.15, 0.2) is 48.9 Å². The van der Waals surface area contributed by atoms with Crippen LogP contribution in [0, 0.1) is 6.92 Å². The van der Waals surface area contributed by atoms with E-state index in [0.29, 0.717) is 43.6 Å². The highest BCUT2D eigenvalue weighted by Crippen LogP contribution is 2.28. The van der Waals surface area contributed by atoms with E-state index in [1.54, 1.807) is 34.1 Å². The molecule has 1 N–H and O–H groups in total. The van der Waals surface area contributed by atoms with Gasteiger partial charge in [-0.3, -0.25) is 4.79 Å². The van der Waals surface area contributed by atoms with Crippen LogP contribution in [0.2, 0.25) is 0 Å². The first-order chi connectivity index (χ1) is 12.5. The smallest absolute Gasteiger partial charge is 0.259 e. The molecule has 3 aromatic rings. The number of carbonyl (C=O) groups is 1. The predicted octanol–water partition coefficient (Wildman–Crippen LogP) is 2.25. The number of aliphatic hydroxyl groups is 1. The SMILES string of the molecule is Cc1cccc(CC2(O)CCN(C(=O)c3cnn4cccnc34)CC2)c1. The zero-order chi connectivity index (χ0) is 18.1. The summed E-state index contributed by atoms with van der Waals surface area (Å²) >= 11 is 0. The van der Waals surface area contributed by atoms with Gasteiger partial charge in [0.1, 0.15) is 5.56 Å². The molecule has 134 valence electrons. The minimum absolute atomic E-state index is 0.0729.